The van der Waals surface area contributed by atoms with Crippen molar-refractivity contribution in [1.29, 1.82) is 0 Å². The number of imidazole rings is 1. The van der Waals surface area contributed by atoms with E-state index in [1.54, 1.807) is 11.3 Å². The predicted octanol–water partition coefficient (Wildman–Crippen LogP) is 4.09. The number of fused-ring (bicyclic) bond motifs is 2. The van der Waals surface area contributed by atoms with E-state index in [0.29, 0.717) is 10.8 Å². The van der Waals surface area contributed by atoms with Crippen LogP contribution in [0.25, 0.3) is 20.4 Å². The second-order valence-electron chi connectivity index (χ2n) is 4.32. The van der Waals surface area contributed by atoms with Crippen LogP contribution in [0.1, 0.15) is 9.67 Å². The third-order valence-corrected chi connectivity index (χ3v) is 5.08. The van der Waals surface area contributed by atoms with Crippen LogP contribution in [0.4, 0.5) is 5.95 Å². The Morgan fingerprint density at radius 3 is 2.95 bits per heavy atom. The van der Waals surface area contributed by atoms with Crippen LogP contribution >= 0.6 is 22.7 Å². The zero-order chi connectivity index (χ0) is 13.5. The van der Waals surface area contributed by atoms with Gasteiger partial charge in [0.2, 0.25) is 5.95 Å². The van der Waals surface area contributed by atoms with Gasteiger partial charge in [0.05, 0.1) is 15.9 Å². The number of benzene rings is 1. The highest BCUT2D eigenvalue weighted by atomic mass is 32.1. The number of aromatic amines is 1. The van der Waals surface area contributed by atoms with Gasteiger partial charge in [-0.1, -0.05) is 12.1 Å². The molecule has 20 heavy (non-hydrogen) atoms. The number of hydrogen-bond acceptors (Lipinski definition) is 4. The number of carbonyl (C=O) groups is 1. The van der Waals surface area contributed by atoms with Gasteiger partial charge in [0.1, 0.15) is 0 Å². The topological polar surface area (TPSA) is 57.8 Å². The highest BCUT2D eigenvalue weighted by Gasteiger charge is 2.13. The molecule has 0 fully saturated rings. The molecule has 0 radical (unpaired) electrons. The van der Waals surface area contributed by atoms with E-state index in [1.165, 1.54) is 11.3 Å². The van der Waals surface area contributed by atoms with E-state index in [0.717, 1.165) is 20.4 Å². The molecule has 0 unspecified atom stereocenters. The summed E-state index contributed by atoms with van der Waals surface area (Å²) < 4.78 is 2.29. The van der Waals surface area contributed by atoms with Gasteiger partial charge in [-0.3, -0.25) is 10.1 Å². The van der Waals surface area contributed by atoms with Gasteiger partial charge in [-0.2, -0.15) is 0 Å². The van der Waals surface area contributed by atoms with Gasteiger partial charge >= 0.3 is 0 Å². The zero-order valence-electron chi connectivity index (χ0n) is 10.2. The van der Waals surface area contributed by atoms with Gasteiger partial charge in [-0.15, -0.1) is 22.7 Å². The van der Waals surface area contributed by atoms with E-state index in [1.807, 2.05) is 41.8 Å². The third kappa shape index (κ3) is 1.90. The van der Waals surface area contributed by atoms with Crippen molar-refractivity contribution in [3.05, 3.63) is 46.7 Å². The van der Waals surface area contributed by atoms with Crippen LogP contribution in [0.3, 0.4) is 0 Å². The number of rotatable bonds is 2. The van der Waals surface area contributed by atoms with E-state index in [-0.39, 0.29) is 5.91 Å². The monoisotopic (exact) mass is 299 g/mol. The first-order valence-electron chi connectivity index (χ1n) is 6.03. The average Bonchev–Trinajstić information content (AvgIpc) is 3.11. The first-order chi connectivity index (χ1) is 9.79. The number of thiophene rings is 2. The quantitative estimate of drug-likeness (QED) is 0.585. The minimum Gasteiger partial charge on any atom is -0.324 e. The lowest BCUT2D eigenvalue weighted by Gasteiger charge is -1.97. The van der Waals surface area contributed by atoms with Crippen molar-refractivity contribution in [2.24, 2.45) is 0 Å². The number of nitrogens with zero attached hydrogens (tertiary/aromatic N) is 1. The predicted molar refractivity (Wildman–Crippen MR) is 83.7 cm³/mol. The molecule has 0 saturated carbocycles. The van der Waals surface area contributed by atoms with Gasteiger partial charge < -0.3 is 4.98 Å². The maximum absolute atomic E-state index is 12.2. The van der Waals surface area contributed by atoms with Crippen molar-refractivity contribution in [2.45, 2.75) is 0 Å². The van der Waals surface area contributed by atoms with Gasteiger partial charge in [0, 0.05) is 9.40 Å². The standard InChI is InChI=1S/C14H9N3OS2/c18-13(12-7-11-10(20-12)5-6-19-11)17-14-15-8-3-1-2-4-9(8)16-14/h1-7H,(H2,15,16,17,18). The summed E-state index contributed by atoms with van der Waals surface area (Å²) in [7, 11) is 0. The maximum atomic E-state index is 12.2. The molecule has 4 rings (SSSR count). The SMILES string of the molecule is O=C(Nc1nc2ccccc2[nH]1)c1cc2sccc2s1. The van der Waals surface area contributed by atoms with Gasteiger partial charge in [0.15, 0.2) is 0 Å². The Hall–Kier alpha value is -2.18. The lowest BCUT2D eigenvalue weighted by Crippen LogP contribution is -2.11. The van der Waals surface area contributed by atoms with Gasteiger partial charge in [0.25, 0.3) is 5.91 Å². The Balaban J connectivity index is 1.64. The number of aromatic nitrogens is 2. The van der Waals surface area contributed by atoms with Crippen molar-refractivity contribution in [3.63, 3.8) is 0 Å². The number of para-hydroxylation sites is 2. The fourth-order valence-electron chi connectivity index (χ4n) is 2.06. The fourth-order valence-corrected chi connectivity index (χ4v) is 4.06. The first kappa shape index (κ1) is 11.6. The second-order valence-corrected chi connectivity index (χ2v) is 6.35. The minimum absolute atomic E-state index is 0.127. The van der Waals surface area contributed by atoms with Gasteiger partial charge in [-0.25, -0.2) is 4.98 Å². The van der Waals surface area contributed by atoms with Crippen LogP contribution in [0, 0.1) is 0 Å². The van der Waals surface area contributed by atoms with Crippen LogP contribution in [-0.4, -0.2) is 15.9 Å². The molecule has 1 amide bonds. The summed E-state index contributed by atoms with van der Waals surface area (Å²) in [5.41, 5.74) is 1.75. The molecule has 2 N–H and O–H groups in total. The summed E-state index contributed by atoms with van der Waals surface area (Å²) in [4.78, 5) is 20.3. The molecule has 98 valence electrons. The third-order valence-electron chi connectivity index (χ3n) is 2.98. The molecule has 3 aromatic heterocycles. The molecular formula is C14H9N3OS2. The summed E-state index contributed by atoms with van der Waals surface area (Å²) >= 11 is 3.14. The molecule has 6 heteroatoms. The molecule has 3 heterocycles. The van der Waals surface area contributed by atoms with Crippen molar-refractivity contribution in [2.75, 3.05) is 5.32 Å². The molecular weight excluding hydrogens is 290 g/mol. The molecule has 0 saturated heterocycles. The van der Waals surface area contributed by atoms with Gasteiger partial charge in [-0.05, 0) is 29.6 Å². The number of carbonyl (C=O) groups excluding carboxylic acids is 1. The highest BCUT2D eigenvalue weighted by molar-refractivity contribution is 7.27. The van der Waals surface area contributed by atoms with Crippen molar-refractivity contribution < 1.29 is 4.79 Å². The normalized spacial score (nSPS) is 11.2. The van der Waals surface area contributed by atoms with Crippen molar-refractivity contribution in [1.82, 2.24) is 9.97 Å². The first-order valence-corrected chi connectivity index (χ1v) is 7.72. The van der Waals surface area contributed by atoms with E-state index in [2.05, 4.69) is 15.3 Å². The molecule has 1 aromatic carbocycles. The fraction of sp³-hybridized carbons (Fsp3) is 0. The van der Waals surface area contributed by atoms with Crippen molar-refractivity contribution >= 4 is 55.0 Å². The Kier molecular flexibility index (Phi) is 2.58. The highest BCUT2D eigenvalue weighted by Crippen LogP contribution is 2.30. The van der Waals surface area contributed by atoms with E-state index in [4.69, 9.17) is 0 Å². The molecule has 4 nitrogen and oxygen atoms in total. The smallest absolute Gasteiger partial charge is 0.268 e. The molecule has 0 aliphatic rings. The number of anilines is 1. The number of H-pyrrole nitrogens is 1. The van der Waals surface area contributed by atoms with E-state index < -0.39 is 0 Å². The molecule has 0 aliphatic carbocycles. The Labute approximate surface area is 122 Å². The van der Waals surface area contributed by atoms with Crippen LogP contribution < -0.4 is 5.32 Å². The average molecular weight is 299 g/mol. The number of amides is 1. The molecule has 4 aromatic rings. The summed E-state index contributed by atoms with van der Waals surface area (Å²) in [5, 5.41) is 4.84. The largest absolute Gasteiger partial charge is 0.324 e. The molecule has 0 bridgehead atoms. The molecule has 0 atom stereocenters. The van der Waals surface area contributed by atoms with Crippen LogP contribution in [0.5, 0.6) is 0 Å². The van der Waals surface area contributed by atoms with Crippen LogP contribution in [0.15, 0.2) is 41.8 Å². The zero-order valence-corrected chi connectivity index (χ0v) is 11.8. The second kappa shape index (κ2) is 4.43. The Morgan fingerprint density at radius 2 is 2.10 bits per heavy atom. The maximum Gasteiger partial charge on any atom is 0.268 e. The molecule has 0 aliphatic heterocycles. The lowest BCUT2D eigenvalue weighted by molar-refractivity contribution is 0.103. The summed E-state index contributed by atoms with van der Waals surface area (Å²) in [6.07, 6.45) is 0. The molecule has 0 spiro atoms. The minimum atomic E-state index is -0.127. The van der Waals surface area contributed by atoms with Crippen molar-refractivity contribution in [3.8, 4) is 0 Å². The Bertz CT molecular complexity index is 857. The summed E-state index contributed by atoms with van der Waals surface area (Å²) in [6.45, 7) is 0. The van der Waals surface area contributed by atoms with E-state index in [9.17, 15) is 4.79 Å². The summed E-state index contributed by atoms with van der Waals surface area (Å²) in [6, 6.07) is 11.6. The Morgan fingerprint density at radius 1 is 1.20 bits per heavy atom. The lowest BCUT2D eigenvalue weighted by atomic mass is 10.3. The number of hydrogen-bond donors (Lipinski definition) is 2. The van der Waals surface area contributed by atoms with Crippen LogP contribution in [-0.2, 0) is 0 Å². The van der Waals surface area contributed by atoms with E-state index >= 15 is 0 Å². The number of nitrogens with one attached hydrogen (secondary N) is 2. The summed E-state index contributed by atoms with van der Waals surface area (Å²) in [5.74, 6) is 0.352. The van der Waals surface area contributed by atoms with Crippen LogP contribution in [0.2, 0.25) is 0 Å².